The predicted molar refractivity (Wildman–Crippen MR) is 77.0 cm³/mol. The summed E-state index contributed by atoms with van der Waals surface area (Å²) in [4.78, 5) is 0. The van der Waals surface area contributed by atoms with Crippen LogP contribution in [0.25, 0.3) is 11.3 Å². The first-order valence-electron chi connectivity index (χ1n) is 5.34. The van der Waals surface area contributed by atoms with Crippen LogP contribution in [0, 0.1) is 0 Å². The fraction of sp³-hybridized carbons (Fsp3) is 0.231. The van der Waals surface area contributed by atoms with Crippen molar-refractivity contribution < 1.29 is 4.42 Å². The first kappa shape index (κ1) is 12.9. The van der Waals surface area contributed by atoms with E-state index in [1.54, 1.807) is 0 Å². The predicted octanol–water partition coefficient (Wildman–Crippen LogP) is 4.75. The molecule has 2 nitrogen and oxygen atoms in total. The Hall–Kier alpha value is -0.580. The summed E-state index contributed by atoms with van der Waals surface area (Å²) in [6.07, 6.45) is 0. The van der Waals surface area contributed by atoms with E-state index in [9.17, 15) is 0 Å². The fourth-order valence-electron chi connectivity index (χ4n) is 1.56. The van der Waals surface area contributed by atoms with Crippen LogP contribution in [0.2, 0.25) is 0 Å². The lowest BCUT2D eigenvalue weighted by Crippen LogP contribution is -2.10. The third-order valence-corrected chi connectivity index (χ3v) is 3.83. The summed E-state index contributed by atoms with van der Waals surface area (Å²) in [6.45, 7) is 2.07. The molecule has 0 aliphatic heterocycles. The molecule has 0 aliphatic carbocycles. The van der Waals surface area contributed by atoms with E-state index in [1.165, 1.54) is 0 Å². The van der Waals surface area contributed by atoms with E-state index < -0.39 is 0 Å². The van der Waals surface area contributed by atoms with Gasteiger partial charge in [-0.3, -0.25) is 0 Å². The summed E-state index contributed by atoms with van der Waals surface area (Å²) < 4.78 is 7.90. The summed E-state index contributed by atoms with van der Waals surface area (Å²) in [6, 6.07) is 10.3. The molecule has 1 atom stereocenters. The molecule has 0 saturated carbocycles. The van der Waals surface area contributed by atoms with Crippen molar-refractivity contribution in [2.24, 2.45) is 0 Å². The van der Waals surface area contributed by atoms with Gasteiger partial charge in [0, 0.05) is 14.5 Å². The van der Waals surface area contributed by atoms with Gasteiger partial charge in [0.05, 0.1) is 6.04 Å². The minimum absolute atomic E-state index is 0.220. The smallest absolute Gasteiger partial charge is 0.135 e. The summed E-state index contributed by atoms with van der Waals surface area (Å²) in [5.41, 5.74) is 1.06. The van der Waals surface area contributed by atoms with Crippen molar-refractivity contribution >= 4 is 31.9 Å². The van der Waals surface area contributed by atoms with Gasteiger partial charge in [-0.2, -0.15) is 0 Å². The normalized spacial score (nSPS) is 12.7. The van der Waals surface area contributed by atoms with Gasteiger partial charge in [-0.25, -0.2) is 0 Å². The highest BCUT2D eigenvalue weighted by atomic mass is 79.9. The van der Waals surface area contributed by atoms with Crippen LogP contribution < -0.4 is 5.32 Å². The van der Waals surface area contributed by atoms with Gasteiger partial charge in [-0.1, -0.05) is 15.9 Å². The maximum absolute atomic E-state index is 5.84. The van der Waals surface area contributed by atoms with Crippen molar-refractivity contribution in [2.75, 3.05) is 7.05 Å². The molecule has 2 rings (SSSR count). The van der Waals surface area contributed by atoms with Crippen LogP contribution in [0.1, 0.15) is 18.7 Å². The van der Waals surface area contributed by atoms with E-state index in [2.05, 4.69) is 44.1 Å². The van der Waals surface area contributed by atoms with Gasteiger partial charge in [-0.15, -0.1) is 0 Å². The molecular formula is C13H13Br2NO. The minimum atomic E-state index is 0.220. The number of benzene rings is 1. The second-order valence-corrected chi connectivity index (χ2v) is 5.61. The van der Waals surface area contributed by atoms with E-state index in [0.717, 1.165) is 26.0 Å². The van der Waals surface area contributed by atoms with Crippen molar-refractivity contribution in [3.05, 3.63) is 45.0 Å². The molecule has 1 heterocycles. The van der Waals surface area contributed by atoms with Gasteiger partial charge in [0.15, 0.2) is 0 Å². The third-order valence-electron chi connectivity index (χ3n) is 2.68. The van der Waals surface area contributed by atoms with Crippen LogP contribution in [-0.4, -0.2) is 7.05 Å². The van der Waals surface area contributed by atoms with Crippen LogP contribution in [0.5, 0.6) is 0 Å². The Morgan fingerprint density at radius 1 is 1.18 bits per heavy atom. The number of furan rings is 1. The molecular weight excluding hydrogens is 346 g/mol. The van der Waals surface area contributed by atoms with Crippen LogP contribution in [0.3, 0.4) is 0 Å². The highest BCUT2D eigenvalue weighted by molar-refractivity contribution is 9.11. The quantitative estimate of drug-likeness (QED) is 0.856. The molecule has 2 aromatic rings. The van der Waals surface area contributed by atoms with Gasteiger partial charge >= 0.3 is 0 Å². The molecule has 1 N–H and O–H groups in total. The zero-order chi connectivity index (χ0) is 12.4. The van der Waals surface area contributed by atoms with Crippen molar-refractivity contribution in [3.8, 4) is 11.3 Å². The zero-order valence-corrected chi connectivity index (χ0v) is 12.8. The van der Waals surface area contributed by atoms with Crippen molar-refractivity contribution in [1.29, 1.82) is 0 Å². The van der Waals surface area contributed by atoms with Gasteiger partial charge in [0.1, 0.15) is 11.5 Å². The molecule has 0 radical (unpaired) electrons. The molecule has 17 heavy (non-hydrogen) atoms. The number of hydrogen-bond donors (Lipinski definition) is 1. The van der Waals surface area contributed by atoms with Crippen LogP contribution >= 0.6 is 31.9 Å². The van der Waals surface area contributed by atoms with Crippen LogP contribution in [-0.2, 0) is 0 Å². The molecule has 0 amide bonds. The second kappa shape index (κ2) is 5.38. The summed E-state index contributed by atoms with van der Waals surface area (Å²) in [7, 11) is 1.92. The van der Waals surface area contributed by atoms with Crippen molar-refractivity contribution in [2.45, 2.75) is 13.0 Å². The molecule has 0 saturated heterocycles. The van der Waals surface area contributed by atoms with Crippen molar-refractivity contribution in [1.82, 2.24) is 5.32 Å². The number of nitrogens with one attached hydrogen (secondary N) is 1. The molecule has 1 aromatic carbocycles. The zero-order valence-electron chi connectivity index (χ0n) is 9.63. The number of halogens is 2. The van der Waals surface area contributed by atoms with Gasteiger partial charge in [0.2, 0.25) is 0 Å². The Labute approximate surface area is 118 Å². The van der Waals surface area contributed by atoms with E-state index >= 15 is 0 Å². The maximum Gasteiger partial charge on any atom is 0.135 e. The van der Waals surface area contributed by atoms with E-state index in [1.807, 2.05) is 37.4 Å². The Morgan fingerprint density at radius 2 is 1.94 bits per heavy atom. The molecule has 0 spiro atoms. The number of rotatable bonds is 3. The molecule has 90 valence electrons. The van der Waals surface area contributed by atoms with Gasteiger partial charge in [-0.05, 0) is 60.2 Å². The molecule has 0 bridgehead atoms. The SMILES string of the molecule is CNC(C)c1ccc(-c2ccc(Br)cc2Br)o1. The molecule has 1 unspecified atom stereocenters. The van der Waals surface area contributed by atoms with E-state index in [-0.39, 0.29) is 6.04 Å². The standard InChI is InChI=1S/C13H13Br2NO/c1-8(16-2)12-5-6-13(17-12)10-4-3-9(14)7-11(10)15/h3-8,16H,1-2H3. The van der Waals surface area contributed by atoms with Gasteiger partial charge in [0.25, 0.3) is 0 Å². The molecule has 4 heteroatoms. The summed E-state index contributed by atoms with van der Waals surface area (Å²) in [5.74, 6) is 1.82. The Morgan fingerprint density at radius 3 is 2.59 bits per heavy atom. The Kier molecular flexibility index (Phi) is 4.07. The highest BCUT2D eigenvalue weighted by Gasteiger charge is 2.11. The lowest BCUT2D eigenvalue weighted by molar-refractivity contribution is 0.458. The average Bonchev–Trinajstić information content (AvgIpc) is 2.77. The second-order valence-electron chi connectivity index (χ2n) is 3.84. The Balaban J connectivity index is 2.37. The first-order valence-corrected chi connectivity index (χ1v) is 6.93. The van der Waals surface area contributed by atoms with Crippen LogP contribution in [0.15, 0.2) is 43.7 Å². The highest BCUT2D eigenvalue weighted by Crippen LogP contribution is 2.32. The minimum Gasteiger partial charge on any atom is -0.459 e. The summed E-state index contributed by atoms with van der Waals surface area (Å²) in [5, 5.41) is 3.16. The van der Waals surface area contributed by atoms with Crippen molar-refractivity contribution in [3.63, 3.8) is 0 Å². The summed E-state index contributed by atoms with van der Waals surface area (Å²) >= 11 is 6.98. The van der Waals surface area contributed by atoms with Crippen LogP contribution in [0.4, 0.5) is 0 Å². The van der Waals surface area contributed by atoms with Gasteiger partial charge < -0.3 is 9.73 Å². The molecule has 0 aliphatic rings. The monoisotopic (exact) mass is 357 g/mol. The van der Waals surface area contributed by atoms with E-state index in [0.29, 0.717) is 0 Å². The Bertz CT molecular complexity index is 522. The molecule has 0 fully saturated rings. The average molecular weight is 359 g/mol. The lowest BCUT2D eigenvalue weighted by atomic mass is 10.2. The maximum atomic E-state index is 5.84. The largest absolute Gasteiger partial charge is 0.459 e. The topological polar surface area (TPSA) is 25.2 Å². The fourth-order valence-corrected chi connectivity index (χ4v) is 2.80. The lowest BCUT2D eigenvalue weighted by Gasteiger charge is -2.06. The molecule has 1 aromatic heterocycles. The number of hydrogen-bond acceptors (Lipinski definition) is 2. The van der Waals surface area contributed by atoms with E-state index in [4.69, 9.17) is 4.42 Å². The third kappa shape index (κ3) is 2.81. The first-order chi connectivity index (χ1) is 8.11.